The highest BCUT2D eigenvalue weighted by Crippen LogP contribution is 2.51. The third kappa shape index (κ3) is 5.69. The highest BCUT2D eigenvalue weighted by molar-refractivity contribution is 6.28. The van der Waals surface area contributed by atoms with E-state index in [1.165, 1.54) is 121 Å². The van der Waals surface area contributed by atoms with Crippen molar-refractivity contribution in [2.45, 2.75) is 0 Å². The average Bonchev–Trinajstić information content (AvgIpc) is 3.35. The Bertz CT molecular complexity index is 3310. The Balaban J connectivity index is 1.13. The molecule has 0 heterocycles. The molecule has 12 aromatic carbocycles. The predicted molar refractivity (Wildman–Crippen MR) is 267 cm³/mol. The van der Waals surface area contributed by atoms with Gasteiger partial charge >= 0.3 is 0 Å². The molecule has 0 amide bonds. The maximum Gasteiger partial charge on any atom is -0.00201 e. The molecule has 0 bridgehead atoms. The van der Waals surface area contributed by atoms with Gasteiger partial charge in [0.1, 0.15) is 0 Å². The molecule has 0 saturated heterocycles. The van der Waals surface area contributed by atoms with Gasteiger partial charge in [-0.2, -0.15) is 0 Å². The Morgan fingerprint density at radius 1 is 0.129 bits per heavy atom. The van der Waals surface area contributed by atoms with Gasteiger partial charge in [-0.25, -0.2) is 0 Å². The Hall–Kier alpha value is -8.06. The van der Waals surface area contributed by atoms with Gasteiger partial charge in [0.25, 0.3) is 0 Å². The zero-order chi connectivity index (χ0) is 41.0. The monoisotopic (exact) mass is 784 g/mol. The van der Waals surface area contributed by atoms with Crippen LogP contribution in [0, 0.1) is 0 Å². The summed E-state index contributed by atoms with van der Waals surface area (Å²) in [6.07, 6.45) is 0. The van der Waals surface area contributed by atoms with Crippen LogP contribution in [0.25, 0.3) is 121 Å². The molecular weight excluding hydrogens is 745 g/mol. The first kappa shape index (κ1) is 35.8. The Morgan fingerprint density at radius 3 is 0.629 bits per heavy atom. The van der Waals surface area contributed by atoms with E-state index in [0.717, 1.165) is 0 Å². The molecule has 0 saturated carbocycles. The molecule has 0 unspecified atom stereocenters. The summed E-state index contributed by atoms with van der Waals surface area (Å²) in [6, 6.07) is 89.2. The third-order valence-electron chi connectivity index (χ3n) is 12.9. The molecule has 0 aliphatic carbocycles. The maximum absolute atomic E-state index is 2.39. The van der Waals surface area contributed by atoms with E-state index in [0.29, 0.717) is 0 Å². The molecule has 0 aliphatic heterocycles. The van der Waals surface area contributed by atoms with E-state index >= 15 is 0 Å². The van der Waals surface area contributed by atoms with Gasteiger partial charge in [-0.1, -0.05) is 243 Å². The minimum atomic E-state index is 1.22. The van der Waals surface area contributed by atoms with Crippen molar-refractivity contribution in [3.8, 4) is 66.8 Å². The first-order valence-corrected chi connectivity index (χ1v) is 21.5. The van der Waals surface area contributed by atoms with Crippen LogP contribution >= 0.6 is 0 Å². The lowest BCUT2D eigenvalue weighted by atomic mass is 9.81. The molecule has 0 aliphatic rings. The van der Waals surface area contributed by atoms with Crippen LogP contribution in [0.5, 0.6) is 0 Å². The fourth-order valence-corrected chi connectivity index (χ4v) is 10.3. The van der Waals surface area contributed by atoms with E-state index in [1.54, 1.807) is 0 Å². The van der Waals surface area contributed by atoms with Crippen LogP contribution < -0.4 is 0 Å². The van der Waals surface area contributed by atoms with Crippen molar-refractivity contribution in [3.05, 3.63) is 243 Å². The molecule has 0 spiro atoms. The van der Waals surface area contributed by atoms with Crippen LogP contribution in [0.2, 0.25) is 0 Å². The highest BCUT2D eigenvalue weighted by Gasteiger charge is 2.23. The van der Waals surface area contributed by atoms with Crippen molar-refractivity contribution in [2.24, 2.45) is 0 Å². The summed E-state index contributed by atoms with van der Waals surface area (Å²) in [5.74, 6) is 0. The summed E-state index contributed by atoms with van der Waals surface area (Å²) in [5.41, 5.74) is 14.9. The number of hydrogen-bond acceptors (Lipinski definition) is 0. The fourth-order valence-electron chi connectivity index (χ4n) is 10.3. The molecular formula is C62H40. The van der Waals surface area contributed by atoms with Gasteiger partial charge in [0.2, 0.25) is 0 Å². The zero-order valence-electron chi connectivity index (χ0n) is 34.1. The predicted octanol–water partition coefficient (Wildman–Crippen LogP) is 17.5. The second-order valence-electron chi connectivity index (χ2n) is 16.2. The Kier molecular flexibility index (Phi) is 8.61. The largest absolute Gasteiger partial charge is 0.0622 e. The number of benzene rings is 12. The molecule has 0 aromatic heterocycles. The normalized spacial score (nSPS) is 11.5. The highest BCUT2D eigenvalue weighted by atomic mass is 14.3. The van der Waals surface area contributed by atoms with E-state index in [-0.39, 0.29) is 0 Å². The molecule has 0 nitrogen and oxygen atoms in total. The number of hydrogen-bond donors (Lipinski definition) is 0. The zero-order valence-corrected chi connectivity index (χ0v) is 34.1. The Labute approximate surface area is 361 Å². The lowest BCUT2D eigenvalue weighted by molar-refractivity contribution is 1.60. The summed E-state index contributed by atoms with van der Waals surface area (Å²) < 4.78 is 0. The number of fused-ring (bicyclic) bond motifs is 5. The van der Waals surface area contributed by atoms with Crippen LogP contribution in [0.4, 0.5) is 0 Å². The summed E-state index contributed by atoms with van der Waals surface area (Å²) >= 11 is 0. The van der Waals surface area contributed by atoms with Gasteiger partial charge in [-0.15, -0.1) is 0 Å². The minimum absolute atomic E-state index is 1.22. The van der Waals surface area contributed by atoms with Gasteiger partial charge in [0.05, 0.1) is 0 Å². The quantitative estimate of drug-likeness (QED) is 0.147. The molecule has 0 fully saturated rings. The van der Waals surface area contributed by atoms with Crippen molar-refractivity contribution in [1.82, 2.24) is 0 Å². The van der Waals surface area contributed by atoms with Gasteiger partial charge in [0, 0.05) is 0 Å². The van der Waals surface area contributed by atoms with Gasteiger partial charge in [0.15, 0.2) is 0 Å². The van der Waals surface area contributed by atoms with Crippen LogP contribution in [0.3, 0.4) is 0 Å². The maximum atomic E-state index is 2.39. The van der Waals surface area contributed by atoms with Crippen molar-refractivity contribution < 1.29 is 0 Å². The minimum Gasteiger partial charge on any atom is -0.0622 e. The summed E-state index contributed by atoms with van der Waals surface area (Å²) in [7, 11) is 0. The van der Waals surface area contributed by atoms with Gasteiger partial charge < -0.3 is 0 Å². The van der Waals surface area contributed by atoms with E-state index < -0.39 is 0 Å². The summed E-state index contributed by atoms with van der Waals surface area (Å²) in [5, 5.41) is 12.5. The molecule has 288 valence electrons. The lowest BCUT2D eigenvalue weighted by Crippen LogP contribution is -1.95. The molecule has 0 radical (unpaired) electrons. The third-order valence-corrected chi connectivity index (χ3v) is 12.9. The van der Waals surface area contributed by atoms with Crippen LogP contribution in [0.15, 0.2) is 243 Å². The smallest absolute Gasteiger partial charge is 0.00201 e. The second-order valence-corrected chi connectivity index (χ2v) is 16.2. The van der Waals surface area contributed by atoms with Crippen LogP contribution in [-0.4, -0.2) is 0 Å². The average molecular weight is 785 g/mol. The molecule has 12 aromatic rings. The summed E-state index contributed by atoms with van der Waals surface area (Å²) in [4.78, 5) is 0. The first-order valence-electron chi connectivity index (χ1n) is 21.5. The van der Waals surface area contributed by atoms with E-state index in [1.807, 2.05) is 0 Å². The molecule has 0 atom stereocenters. The Morgan fingerprint density at radius 2 is 0.339 bits per heavy atom. The van der Waals surface area contributed by atoms with Crippen molar-refractivity contribution in [1.29, 1.82) is 0 Å². The van der Waals surface area contributed by atoms with Gasteiger partial charge in [-0.05, 0) is 121 Å². The molecule has 0 N–H and O–H groups in total. The number of rotatable bonds is 6. The fraction of sp³-hybridized carbons (Fsp3) is 0. The molecule has 62 heavy (non-hydrogen) atoms. The van der Waals surface area contributed by atoms with E-state index in [4.69, 9.17) is 0 Å². The van der Waals surface area contributed by atoms with Gasteiger partial charge in [-0.3, -0.25) is 0 Å². The van der Waals surface area contributed by atoms with Crippen molar-refractivity contribution >= 4 is 53.9 Å². The van der Waals surface area contributed by atoms with Crippen LogP contribution in [0.1, 0.15) is 0 Å². The van der Waals surface area contributed by atoms with E-state index in [2.05, 4.69) is 243 Å². The summed E-state index contributed by atoms with van der Waals surface area (Å²) in [6.45, 7) is 0. The molecule has 12 rings (SSSR count). The van der Waals surface area contributed by atoms with Crippen molar-refractivity contribution in [2.75, 3.05) is 0 Å². The molecule has 0 heteroatoms. The van der Waals surface area contributed by atoms with Crippen LogP contribution in [-0.2, 0) is 0 Å². The second kappa shape index (κ2) is 14.9. The standard InChI is InChI=1S/C62H40/c1-3-21-41(22-4-1)43-25-7-11-29-47(43)59-49-31-13-17-35-53(49)61(54-36-18-14-32-50(54)59)57-39-40-58(46-28-10-9-27-45(46)57)62-55-37-19-15-33-51(55)60(52-34-16-20-38-56(52)62)48-30-12-8-26-44(48)42-23-5-2-6-24-42/h1-40H. The first-order chi connectivity index (χ1) is 30.8. The van der Waals surface area contributed by atoms with Crippen molar-refractivity contribution in [3.63, 3.8) is 0 Å². The van der Waals surface area contributed by atoms with E-state index in [9.17, 15) is 0 Å². The lowest BCUT2D eigenvalue weighted by Gasteiger charge is -2.22. The topological polar surface area (TPSA) is 0 Å². The SMILES string of the molecule is c1ccc(-c2ccccc2-c2c3ccccc3c(-c3ccc(-c4c5ccccc5c(-c5ccccc5-c5ccccc5)c5ccccc45)c4ccccc34)c3ccccc23)cc1.